The van der Waals surface area contributed by atoms with Gasteiger partial charge in [0, 0.05) is 19.8 Å². The van der Waals surface area contributed by atoms with Crippen LogP contribution in [0.25, 0.3) is 0 Å². The van der Waals surface area contributed by atoms with Crippen LogP contribution in [0.3, 0.4) is 0 Å². The van der Waals surface area contributed by atoms with Gasteiger partial charge in [-0.1, -0.05) is 6.07 Å². The van der Waals surface area contributed by atoms with E-state index in [1.807, 2.05) is 19.1 Å². The number of nitrogens with zero attached hydrogens (tertiary/aromatic N) is 1. The Morgan fingerprint density at radius 1 is 1.50 bits per heavy atom. The monoisotopic (exact) mass is 274 g/mol. The number of hydrogen-bond acceptors (Lipinski definition) is 4. The molecular formula is C15H18N2O3. The zero-order valence-electron chi connectivity index (χ0n) is 11.5. The van der Waals surface area contributed by atoms with Crippen LogP contribution in [0.2, 0.25) is 0 Å². The Morgan fingerprint density at radius 2 is 2.20 bits per heavy atom. The lowest BCUT2D eigenvalue weighted by molar-refractivity contribution is -0.153. The predicted molar refractivity (Wildman–Crippen MR) is 74.5 cm³/mol. The molecule has 0 aromatic heterocycles. The van der Waals surface area contributed by atoms with Crippen LogP contribution >= 0.6 is 0 Å². The van der Waals surface area contributed by atoms with E-state index in [0.29, 0.717) is 43.9 Å². The van der Waals surface area contributed by atoms with E-state index in [-0.39, 0.29) is 0 Å². The molecule has 0 aliphatic carbocycles. The van der Waals surface area contributed by atoms with Gasteiger partial charge in [0.1, 0.15) is 6.07 Å². The molecule has 1 saturated heterocycles. The number of benzene rings is 1. The average molecular weight is 274 g/mol. The standard InChI is InChI=1S/C15H18N2O3/c1-11-2-3-13(12(8-11)9-16)17-10-15(14(18)19)4-6-20-7-5-15/h2-3,8,17H,4-7,10H2,1H3,(H,18,19). The fourth-order valence-corrected chi connectivity index (χ4v) is 2.40. The van der Waals surface area contributed by atoms with E-state index in [2.05, 4.69) is 11.4 Å². The smallest absolute Gasteiger partial charge is 0.311 e. The summed E-state index contributed by atoms with van der Waals surface area (Å²) in [5.74, 6) is -0.807. The number of nitrogens with one attached hydrogen (secondary N) is 1. The van der Waals surface area contributed by atoms with Crippen molar-refractivity contribution in [1.82, 2.24) is 0 Å². The normalized spacial score (nSPS) is 17.2. The van der Waals surface area contributed by atoms with Crippen molar-refractivity contribution in [2.45, 2.75) is 19.8 Å². The maximum Gasteiger partial charge on any atom is 0.311 e. The van der Waals surface area contributed by atoms with Gasteiger partial charge in [0.15, 0.2) is 0 Å². The molecule has 1 aliphatic rings. The van der Waals surface area contributed by atoms with Crippen molar-refractivity contribution in [3.63, 3.8) is 0 Å². The summed E-state index contributed by atoms with van der Waals surface area (Å²) in [5, 5.41) is 21.7. The Morgan fingerprint density at radius 3 is 2.80 bits per heavy atom. The summed E-state index contributed by atoms with van der Waals surface area (Å²) < 4.78 is 5.24. The van der Waals surface area contributed by atoms with Crippen molar-refractivity contribution in [2.75, 3.05) is 25.1 Å². The minimum atomic E-state index is -0.810. The fraction of sp³-hybridized carbons (Fsp3) is 0.467. The van der Waals surface area contributed by atoms with Gasteiger partial charge in [0.05, 0.1) is 16.7 Å². The Labute approximate surface area is 118 Å². The van der Waals surface area contributed by atoms with Crippen molar-refractivity contribution in [1.29, 1.82) is 5.26 Å². The first kappa shape index (κ1) is 14.4. The number of aliphatic carboxylic acids is 1. The highest BCUT2D eigenvalue weighted by molar-refractivity contribution is 5.76. The van der Waals surface area contributed by atoms with Crippen LogP contribution in [0.1, 0.15) is 24.0 Å². The van der Waals surface area contributed by atoms with Crippen molar-refractivity contribution in [3.05, 3.63) is 29.3 Å². The zero-order valence-corrected chi connectivity index (χ0v) is 11.5. The average Bonchev–Trinajstić information content (AvgIpc) is 2.46. The van der Waals surface area contributed by atoms with E-state index in [4.69, 9.17) is 10.00 Å². The lowest BCUT2D eigenvalue weighted by Crippen LogP contribution is -2.42. The summed E-state index contributed by atoms with van der Waals surface area (Å²) >= 11 is 0. The van der Waals surface area contributed by atoms with Crippen LogP contribution < -0.4 is 5.32 Å². The van der Waals surface area contributed by atoms with E-state index in [0.717, 1.165) is 5.56 Å². The van der Waals surface area contributed by atoms with Gasteiger partial charge in [0.25, 0.3) is 0 Å². The van der Waals surface area contributed by atoms with E-state index < -0.39 is 11.4 Å². The molecule has 2 rings (SSSR count). The third-order valence-electron chi connectivity index (χ3n) is 3.82. The molecule has 20 heavy (non-hydrogen) atoms. The first-order valence-electron chi connectivity index (χ1n) is 6.63. The molecule has 5 heteroatoms. The molecule has 1 aliphatic heterocycles. The van der Waals surface area contributed by atoms with Gasteiger partial charge in [-0.2, -0.15) is 5.26 Å². The topological polar surface area (TPSA) is 82.3 Å². The molecule has 0 unspecified atom stereocenters. The van der Waals surface area contributed by atoms with Gasteiger partial charge in [-0.25, -0.2) is 0 Å². The molecule has 1 aromatic rings. The highest BCUT2D eigenvalue weighted by Crippen LogP contribution is 2.31. The second kappa shape index (κ2) is 5.93. The molecule has 0 radical (unpaired) electrons. The molecule has 0 bridgehead atoms. The molecule has 0 saturated carbocycles. The van der Waals surface area contributed by atoms with Crippen LogP contribution in [-0.2, 0) is 9.53 Å². The maximum atomic E-state index is 11.5. The Balaban J connectivity index is 2.14. The molecule has 2 N–H and O–H groups in total. The lowest BCUT2D eigenvalue weighted by atomic mass is 9.80. The summed E-state index contributed by atoms with van der Waals surface area (Å²) in [4.78, 5) is 11.5. The second-order valence-electron chi connectivity index (χ2n) is 5.21. The van der Waals surface area contributed by atoms with Crippen molar-refractivity contribution in [3.8, 4) is 6.07 Å². The van der Waals surface area contributed by atoms with Gasteiger partial charge in [-0.05, 0) is 37.5 Å². The number of aryl methyl sites for hydroxylation is 1. The summed E-state index contributed by atoms with van der Waals surface area (Å²) in [6, 6.07) is 7.65. The fourth-order valence-electron chi connectivity index (χ4n) is 2.40. The van der Waals surface area contributed by atoms with Crippen molar-refractivity contribution in [2.24, 2.45) is 5.41 Å². The highest BCUT2D eigenvalue weighted by Gasteiger charge is 2.40. The van der Waals surface area contributed by atoms with E-state index in [1.165, 1.54) is 0 Å². The van der Waals surface area contributed by atoms with Gasteiger partial charge in [-0.15, -0.1) is 0 Å². The zero-order chi connectivity index (χ0) is 14.6. The second-order valence-corrected chi connectivity index (χ2v) is 5.21. The largest absolute Gasteiger partial charge is 0.481 e. The molecule has 1 aromatic carbocycles. The summed E-state index contributed by atoms with van der Waals surface area (Å²) in [5.41, 5.74) is 1.42. The summed E-state index contributed by atoms with van der Waals surface area (Å²) in [6.45, 7) is 3.16. The van der Waals surface area contributed by atoms with Crippen LogP contribution in [0.5, 0.6) is 0 Å². The highest BCUT2D eigenvalue weighted by atomic mass is 16.5. The van der Waals surface area contributed by atoms with Crippen LogP contribution in [0, 0.1) is 23.7 Å². The van der Waals surface area contributed by atoms with Crippen molar-refractivity contribution < 1.29 is 14.6 Å². The van der Waals surface area contributed by atoms with Crippen molar-refractivity contribution >= 4 is 11.7 Å². The molecule has 1 heterocycles. The third-order valence-corrected chi connectivity index (χ3v) is 3.82. The minimum Gasteiger partial charge on any atom is -0.481 e. The van der Waals surface area contributed by atoms with Gasteiger partial charge in [-0.3, -0.25) is 4.79 Å². The number of rotatable bonds is 4. The molecular weight excluding hydrogens is 256 g/mol. The summed E-state index contributed by atoms with van der Waals surface area (Å²) in [6.07, 6.45) is 0.978. The summed E-state index contributed by atoms with van der Waals surface area (Å²) in [7, 11) is 0. The van der Waals surface area contributed by atoms with E-state index in [9.17, 15) is 9.90 Å². The maximum absolute atomic E-state index is 11.5. The number of nitriles is 1. The number of carbonyl (C=O) groups is 1. The van der Waals surface area contributed by atoms with E-state index in [1.54, 1.807) is 6.07 Å². The van der Waals surface area contributed by atoms with Crippen LogP contribution in [0.15, 0.2) is 18.2 Å². The molecule has 0 atom stereocenters. The quantitative estimate of drug-likeness (QED) is 0.879. The SMILES string of the molecule is Cc1ccc(NCC2(C(=O)O)CCOCC2)c(C#N)c1. The lowest BCUT2D eigenvalue weighted by Gasteiger charge is -2.33. The van der Waals surface area contributed by atoms with Crippen LogP contribution in [-0.4, -0.2) is 30.8 Å². The first-order chi connectivity index (χ1) is 9.57. The molecule has 1 fully saturated rings. The van der Waals surface area contributed by atoms with Gasteiger partial charge >= 0.3 is 5.97 Å². The Kier molecular flexibility index (Phi) is 4.26. The number of ether oxygens (including phenoxy) is 1. The number of anilines is 1. The Hall–Kier alpha value is -2.06. The van der Waals surface area contributed by atoms with Gasteiger partial charge < -0.3 is 15.2 Å². The minimum absolute atomic E-state index is 0.309. The number of hydrogen-bond donors (Lipinski definition) is 2. The number of carboxylic acids is 1. The molecule has 5 nitrogen and oxygen atoms in total. The Bertz CT molecular complexity index is 543. The third kappa shape index (κ3) is 2.91. The first-order valence-corrected chi connectivity index (χ1v) is 6.63. The van der Waals surface area contributed by atoms with E-state index >= 15 is 0 Å². The number of carboxylic acid groups (broad SMARTS) is 1. The molecule has 0 spiro atoms. The molecule has 0 amide bonds. The van der Waals surface area contributed by atoms with Crippen LogP contribution in [0.4, 0.5) is 5.69 Å². The molecule has 106 valence electrons. The van der Waals surface area contributed by atoms with Gasteiger partial charge in [0.2, 0.25) is 0 Å². The predicted octanol–water partition coefficient (Wildman–Crippen LogP) is 2.16.